The summed E-state index contributed by atoms with van der Waals surface area (Å²) >= 11 is 0. The van der Waals surface area contributed by atoms with Crippen molar-refractivity contribution in [3.8, 4) is 11.5 Å². The Hall–Kier alpha value is -3.50. The van der Waals surface area contributed by atoms with Gasteiger partial charge in [0, 0.05) is 45.0 Å². The highest BCUT2D eigenvalue weighted by atomic mass is 16.7. The topological polar surface area (TPSA) is 106 Å². The average Bonchev–Trinajstić information content (AvgIpc) is 3.52. The molecule has 5 rings (SSSR count). The van der Waals surface area contributed by atoms with Crippen molar-refractivity contribution >= 4 is 12.0 Å². The van der Waals surface area contributed by atoms with Crippen molar-refractivity contribution in [2.24, 2.45) is 0 Å². The molecule has 1 fully saturated rings. The number of carbonyl (C=O) groups excluding carboxylic acids is 2. The lowest BCUT2D eigenvalue weighted by Crippen LogP contribution is -2.51. The fourth-order valence-electron chi connectivity index (χ4n) is 4.49. The molecule has 0 aliphatic carbocycles. The number of benzene rings is 1. The summed E-state index contributed by atoms with van der Waals surface area (Å²) in [6.07, 6.45) is 1.52. The molecule has 1 saturated heterocycles. The van der Waals surface area contributed by atoms with Gasteiger partial charge in [-0.05, 0) is 36.8 Å². The molecule has 0 bridgehead atoms. The fraction of sp³-hybridized carbons (Fsp3) is 0.417. The van der Waals surface area contributed by atoms with E-state index >= 15 is 0 Å². The zero-order valence-corrected chi connectivity index (χ0v) is 19.0. The zero-order chi connectivity index (χ0) is 23.5. The van der Waals surface area contributed by atoms with E-state index in [0.717, 1.165) is 44.2 Å². The van der Waals surface area contributed by atoms with Crippen molar-refractivity contribution in [2.45, 2.75) is 19.5 Å². The van der Waals surface area contributed by atoms with Gasteiger partial charge in [0.15, 0.2) is 11.5 Å². The summed E-state index contributed by atoms with van der Waals surface area (Å²) in [6.45, 7) is 6.88. The van der Waals surface area contributed by atoms with E-state index in [4.69, 9.17) is 18.6 Å². The van der Waals surface area contributed by atoms with Crippen molar-refractivity contribution < 1.29 is 28.2 Å². The number of furan rings is 1. The molecule has 180 valence electrons. The average molecular weight is 469 g/mol. The highest BCUT2D eigenvalue weighted by Crippen LogP contribution is 2.33. The van der Waals surface area contributed by atoms with E-state index in [-0.39, 0.29) is 19.4 Å². The van der Waals surface area contributed by atoms with E-state index in [1.165, 1.54) is 11.8 Å². The second-order valence-corrected chi connectivity index (χ2v) is 8.40. The molecule has 1 unspecified atom stereocenters. The quantitative estimate of drug-likeness (QED) is 0.595. The Morgan fingerprint density at radius 3 is 2.59 bits per heavy atom. The minimum atomic E-state index is -0.690. The lowest BCUT2D eigenvalue weighted by atomic mass is 9.99. The maximum absolute atomic E-state index is 12.8. The predicted molar refractivity (Wildman–Crippen MR) is 121 cm³/mol. The smallest absolute Gasteiger partial charge is 0.338 e. The summed E-state index contributed by atoms with van der Waals surface area (Å²) in [5.74, 6) is 1.61. The van der Waals surface area contributed by atoms with Gasteiger partial charge in [-0.2, -0.15) is 0 Å². The van der Waals surface area contributed by atoms with Gasteiger partial charge in [-0.25, -0.2) is 9.59 Å². The Bertz CT molecular complexity index is 1080. The molecule has 0 radical (unpaired) electrons. The molecular weight excluding hydrogens is 440 g/mol. The molecule has 1 aromatic carbocycles. The molecular formula is C24H28N4O6. The highest BCUT2D eigenvalue weighted by Gasteiger charge is 2.36. The van der Waals surface area contributed by atoms with Gasteiger partial charge in [-0.15, -0.1) is 0 Å². The van der Waals surface area contributed by atoms with Crippen LogP contribution in [-0.4, -0.2) is 67.9 Å². The number of ether oxygens (including phenoxy) is 3. The van der Waals surface area contributed by atoms with Crippen LogP contribution in [0.1, 0.15) is 24.3 Å². The van der Waals surface area contributed by atoms with E-state index in [0.29, 0.717) is 23.6 Å². The molecule has 2 N–H and O–H groups in total. The predicted octanol–water partition coefficient (Wildman–Crippen LogP) is 2.00. The van der Waals surface area contributed by atoms with Crippen LogP contribution in [0.2, 0.25) is 0 Å². The number of esters is 1. The standard InChI is InChI=1S/C24H28N4O6/c1-2-31-23(29)21-17(25-24(30)26-22(21)19-4-3-11-32-19)14-28-9-7-27(8-10-28)13-16-5-6-18-20(12-16)34-15-33-18/h3-6,11-12,22H,2,7-10,13-15H2,1H3,(H2,25,26,30). The maximum Gasteiger partial charge on any atom is 0.338 e. The van der Waals surface area contributed by atoms with E-state index in [9.17, 15) is 9.59 Å². The Morgan fingerprint density at radius 2 is 1.85 bits per heavy atom. The van der Waals surface area contributed by atoms with Crippen molar-refractivity contribution in [1.82, 2.24) is 20.4 Å². The lowest BCUT2D eigenvalue weighted by molar-refractivity contribution is -0.139. The highest BCUT2D eigenvalue weighted by molar-refractivity contribution is 5.95. The molecule has 2 amide bonds. The van der Waals surface area contributed by atoms with Crippen LogP contribution < -0.4 is 20.1 Å². The summed E-state index contributed by atoms with van der Waals surface area (Å²) in [7, 11) is 0. The molecule has 1 atom stereocenters. The molecule has 1 aromatic heterocycles. The number of urea groups is 1. The van der Waals surface area contributed by atoms with Gasteiger partial charge in [0.1, 0.15) is 11.8 Å². The normalized spacial score (nSPS) is 20.7. The molecule has 2 aromatic rings. The van der Waals surface area contributed by atoms with Crippen LogP contribution in [0.4, 0.5) is 4.79 Å². The minimum absolute atomic E-state index is 0.243. The molecule has 34 heavy (non-hydrogen) atoms. The van der Waals surface area contributed by atoms with Crippen molar-refractivity contribution in [2.75, 3.05) is 46.1 Å². The molecule has 4 heterocycles. The number of hydrogen-bond donors (Lipinski definition) is 2. The summed E-state index contributed by atoms with van der Waals surface area (Å²) in [5, 5.41) is 5.61. The van der Waals surface area contributed by atoms with Gasteiger partial charge >= 0.3 is 12.0 Å². The first-order valence-corrected chi connectivity index (χ1v) is 11.4. The van der Waals surface area contributed by atoms with Crippen LogP contribution in [0.3, 0.4) is 0 Å². The summed E-state index contributed by atoms with van der Waals surface area (Å²) in [5.41, 5.74) is 2.10. The maximum atomic E-state index is 12.8. The second-order valence-electron chi connectivity index (χ2n) is 8.40. The fourth-order valence-corrected chi connectivity index (χ4v) is 4.49. The van der Waals surface area contributed by atoms with Gasteiger partial charge in [0.05, 0.1) is 18.4 Å². The molecule has 10 nitrogen and oxygen atoms in total. The number of nitrogens with one attached hydrogen (secondary N) is 2. The zero-order valence-electron chi connectivity index (χ0n) is 19.0. The number of nitrogens with zero attached hydrogens (tertiary/aromatic N) is 2. The van der Waals surface area contributed by atoms with Crippen molar-refractivity contribution in [1.29, 1.82) is 0 Å². The van der Waals surface area contributed by atoms with Gasteiger partial charge in [0.25, 0.3) is 0 Å². The van der Waals surface area contributed by atoms with E-state index in [1.54, 1.807) is 19.1 Å². The third kappa shape index (κ3) is 4.73. The molecule has 3 aliphatic heterocycles. The third-order valence-electron chi connectivity index (χ3n) is 6.17. The van der Waals surface area contributed by atoms with E-state index < -0.39 is 12.0 Å². The summed E-state index contributed by atoms with van der Waals surface area (Å²) in [4.78, 5) is 29.8. The number of hydrogen-bond acceptors (Lipinski definition) is 8. The van der Waals surface area contributed by atoms with Crippen LogP contribution in [0.25, 0.3) is 0 Å². The van der Waals surface area contributed by atoms with Crippen LogP contribution in [-0.2, 0) is 16.1 Å². The summed E-state index contributed by atoms with van der Waals surface area (Å²) < 4.78 is 21.7. The molecule has 0 spiro atoms. The Morgan fingerprint density at radius 1 is 1.09 bits per heavy atom. The van der Waals surface area contributed by atoms with Crippen molar-refractivity contribution in [3.63, 3.8) is 0 Å². The first kappa shape index (κ1) is 22.3. The largest absolute Gasteiger partial charge is 0.467 e. The lowest BCUT2D eigenvalue weighted by Gasteiger charge is -2.36. The SMILES string of the molecule is CCOC(=O)C1=C(CN2CCN(Cc3ccc4c(c3)OCO4)CC2)NC(=O)NC1c1ccco1. The van der Waals surface area contributed by atoms with E-state index in [2.05, 4.69) is 26.5 Å². The molecule has 0 saturated carbocycles. The molecule has 10 heteroatoms. The van der Waals surface area contributed by atoms with Crippen LogP contribution in [0.5, 0.6) is 11.5 Å². The van der Waals surface area contributed by atoms with Gasteiger partial charge in [-0.1, -0.05) is 6.07 Å². The molecule has 3 aliphatic rings. The Balaban J connectivity index is 1.26. The van der Waals surface area contributed by atoms with Gasteiger partial charge < -0.3 is 29.3 Å². The van der Waals surface area contributed by atoms with Crippen molar-refractivity contribution in [3.05, 3.63) is 59.2 Å². The van der Waals surface area contributed by atoms with Gasteiger partial charge in [0.2, 0.25) is 6.79 Å². The third-order valence-corrected chi connectivity index (χ3v) is 6.17. The summed E-state index contributed by atoms with van der Waals surface area (Å²) in [6, 6.07) is 8.45. The Labute approximate surface area is 197 Å². The first-order chi connectivity index (χ1) is 16.6. The van der Waals surface area contributed by atoms with E-state index in [1.807, 2.05) is 12.1 Å². The number of amides is 2. The van der Waals surface area contributed by atoms with Crippen LogP contribution in [0.15, 0.2) is 52.3 Å². The minimum Gasteiger partial charge on any atom is -0.467 e. The number of rotatable bonds is 7. The monoisotopic (exact) mass is 468 g/mol. The second kappa shape index (κ2) is 9.78. The van der Waals surface area contributed by atoms with Crippen LogP contribution >= 0.6 is 0 Å². The number of fused-ring (bicyclic) bond motifs is 1. The van der Waals surface area contributed by atoms with Gasteiger partial charge in [-0.3, -0.25) is 9.80 Å². The van der Waals surface area contributed by atoms with Crippen LogP contribution in [0, 0.1) is 0 Å². The number of carbonyl (C=O) groups is 2. The number of piperazine rings is 1. The first-order valence-electron chi connectivity index (χ1n) is 11.4. The Kier molecular flexibility index (Phi) is 6.41.